The van der Waals surface area contributed by atoms with Crippen LogP contribution in [0.4, 0.5) is 0 Å². The van der Waals surface area contributed by atoms with Gasteiger partial charge in [-0.15, -0.1) is 0 Å². The molecule has 2 aromatic carbocycles. The molecule has 0 radical (unpaired) electrons. The maximum Gasteiger partial charge on any atom is 0.113 e. The fraction of sp³-hybridized carbons (Fsp3) is 0.323. The summed E-state index contributed by atoms with van der Waals surface area (Å²) in [4.78, 5) is 7.08. The zero-order chi connectivity index (χ0) is 24.3. The highest BCUT2D eigenvalue weighted by atomic mass is 35.5. The average Bonchev–Trinajstić information content (AvgIpc) is 3.14. The number of hydrogen-bond donors (Lipinski definition) is 1. The van der Waals surface area contributed by atoms with Crippen molar-refractivity contribution in [3.63, 3.8) is 0 Å². The Hall–Kier alpha value is -2.90. The molecule has 4 heteroatoms. The Morgan fingerprint density at radius 2 is 1.66 bits per heavy atom. The molecule has 3 aromatic rings. The Bertz CT molecular complexity index is 1220. The minimum absolute atomic E-state index is 0.447. The van der Waals surface area contributed by atoms with E-state index in [4.69, 9.17) is 11.6 Å². The Kier molecular flexibility index (Phi) is 7.07. The molecule has 1 aromatic heterocycles. The van der Waals surface area contributed by atoms with Crippen LogP contribution in [0.25, 0.3) is 17.2 Å². The summed E-state index contributed by atoms with van der Waals surface area (Å²) >= 11 is 5.97. The Morgan fingerprint density at radius 1 is 0.971 bits per heavy atom. The van der Waals surface area contributed by atoms with Crippen LogP contribution in [0.3, 0.4) is 0 Å². The number of hydrogen-bond acceptors (Lipinski definition) is 3. The largest absolute Gasteiger partial charge is 0.390 e. The van der Waals surface area contributed by atoms with Gasteiger partial charge in [0.05, 0.1) is 5.60 Å². The highest BCUT2D eigenvalue weighted by molar-refractivity contribution is 6.30. The van der Waals surface area contributed by atoms with E-state index in [1.807, 2.05) is 42.6 Å². The van der Waals surface area contributed by atoms with Crippen molar-refractivity contribution in [3.05, 3.63) is 94.8 Å². The number of pyridine rings is 1. The maximum absolute atomic E-state index is 10.7. The maximum atomic E-state index is 10.7. The van der Waals surface area contributed by atoms with Crippen molar-refractivity contribution in [1.82, 2.24) is 9.88 Å². The molecule has 0 saturated carbocycles. The van der Waals surface area contributed by atoms with Crippen molar-refractivity contribution in [2.45, 2.75) is 56.7 Å². The van der Waals surface area contributed by atoms with Gasteiger partial charge in [-0.3, -0.25) is 4.90 Å². The molecule has 2 fully saturated rings. The molecule has 2 aliphatic heterocycles. The first kappa shape index (κ1) is 23.8. The third-order valence-electron chi connectivity index (χ3n) is 7.47. The van der Waals surface area contributed by atoms with Gasteiger partial charge in [-0.2, -0.15) is 0 Å². The molecule has 0 spiro atoms. The van der Waals surface area contributed by atoms with Gasteiger partial charge in [0.2, 0.25) is 0 Å². The number of rotatable bonds is 5. The Labute approximate surface area is 213 Å². The van der Waals surface area contributed by atoms with Crippen molar-refractivity contribution in [1.29, 1.82) is 0 Å². The van der Waals surface area contributed by atoms with E-state index in [1.165, 1.54) is 18.4 Å². The lowest BCUT2D eigenvalue weighted by Crippen LogP contribution is -2.50. The topological polar surface area (TPSA) is 36.4 Å². The first-order valence-electron chi connectivity index (χ1n) is 12.5. The summed E-state index contributed by atoms with van der Waals surface area (Å²) in [7, 11) is 0. The fourth-order valence-corrected chi connectivity index (χ4v) is 5.53. The molecule has 2 bridgehead atoms. The molecule has 3 heterocycles. The van der Waals surface area contributed by atoms with Crippen LogP contribution >= 0.6 is 11.6 Å². The summed E-state index contributed by atoms with van der Waals surface area (Å²) in [6.45, 7) is 3.06. The summed E-state index contributed by atoms with van der Waals surface area (Å²) in [5.41, 5.74) is 4.58. The number of piperidine rings is 1. The normalized spacial score (nSPS) is 23.9. The second-order valence-electron chi connectivity index (χ2n) is 9.78. The van der Waals surface area contributed by atoms with Crippen molar-refractivity contribution in [2.75, 3.05) is 6.54 Å². The molecular formula is C31H31ClN2O. The molecule has 0 aliphatic carbocycles. The zero-order valence-electron chi connectivity index (χ0n) is 20.1. The van der Waals surface area contributed by atoms with Crippen LogP contribution in [0.2, 0.25) is 5.02 Å². The van der Waals surface area contributed by atoms with E-state index < -0.39 is 5.60 Å². The Morgan fingerprint density at radius 3 is 2.29 bits per heavy atom. The molecule has 2 aliphatic rings. The number of benzene rings is 2. The van der Waals surface area contributed by atoms with Crippen LogP contribution in [-0.2, 0) is 0 Å². The third-order valence-corrected chi connectivity index (χ3v) is 7.73. The van der Waals surface area contributed by atoms with Crippen LogP contribution in [0.15, 0.2) is 72.9 Å². The first-order chi connectivity index (χ1) is 17.0. The molecule has 1 N–H and O–H groups in total. The highest BCUT2D eigenvalue weighted by Gasteiger charge is 2.45. The monoisotopic (exact) mass is 482 g/mol. The predicted octanol–water partition coefficient (Wildman–Crippen LogP) is 6.58. The van der Waals surface area contributed by atoms with Gasteiger partial charge in [-0.05, 0) is 79.5 Å². The zero-order valence-corrected chi connectivity index (χ0v) is 20.9. The molecule has 2 atom stereocenters. The van der Waals surface area contributed by atoms with Crippen LogP contribution in [0.1, 0.15) is 55.8 Å². The molecule has 3 nitrogen and oxygen atoms in total. The second kappa shape index (κ2) is 10.4. The average molecular weight is 483 g/mol. The van der Waals surface area contributed by atoms with Gasteiger partial charge in [0.15, 0.2) is 0 Å². The summed E-state index contributed by atoms with van der Waals surface area (Å²) in [6.07, 6.45) is 11.4. The lowest BCUT2D eigenvalue weighted by Gasteiger charge is -2.43. The lowest BCUT2D eigenvalue weighted by molar-refractivity contribution is -0.0508. The van der Waals surface area contributed by atoms with E-state index in [9.17, 15) is 5.11 Å². The van der Waals surface area contributed by atoms with Crippen LogP contribution in [0, 0.1) is 11.8 Å². The molecule has 0 amide bonds. The van der Waals surface area contributed by atoms with Crippen LogP contribution < -0.4 is 0 Å². The second-order valence-corrected chi connectivity index (χ2v) is 10.2. The van der Waals surface area contributed by atoms with Gasteiger partial charge in [0.25, 0.3) is 0 Å². The van der Waals surface area contributed by atoms with E-state index in [-0.39, 0.29) is 0 Å². The number of aromatic nitrogens is 1. The molecule has 178 valence electrons. The first-order valence-corrected chi connectivity index (χ1v) is 12.9. The number of aliphatic hydroxyl groups is 1. The van der Waals surface area contributed by atoms with E-state index in [2.05, 4.69) is 65.1 Å². The predicted molar refractivity (Wildman–Crippen MR) is 144 cm³/mol. The van der Waals surface area contributed by atoms with Crippen molar-refractivity contribution in [2.24, 2.45) is 0 Å². The smallest absolute Gasteiger partial charge is 0.113 e. The fourth-order valence-electron chi connectivity index (χ4n) is 5.41. The Balaban J connectivity index is 1.17. The van der Waals surface area contributed by atoms with Crippen molar-refractivity contribution in [3.8, 4) is 23.0 Å². The van der Waals surface area contributed by atoms with Gasteiger partial charge in [-0.25, -0.2) is 4.98 Å². The lowest BCUT2D eigenvalue weighted by atomic mass is 9.84. The van der Waals surface area contributed by atoms with E-state index >= 15 is 0 Å². The summed E-state index contributed by atoms with van der Waals surface area (Å²) in [6, 6.07) is 21.1. The standard InChI is InChI=1S/C31H31ClN2O/c1-2-31(35)20-29-17-18-30(21-31)34(29)19-3-4-23-5-7-24(8-6-23)9-15-28-16-12-26(22-33-28)25-10-13-27(32)14-11-25/h3-8,10-14,16,22,29-30,35H,2,17-21H2,1H3. The van der Waals surface area contributed by atoms with Crippen molar-refractivity contribution < 1.29 is 5.11 Å². The van der Waals surface area contributed by atoms with Gasteiger partial charge >= 0.3 is 0 Å². The van der Waals surface area contributed by atoms with Gasteiger partial charge in [-0.1, -0.05) is 66.9 Å². The summed E-state index contributed by atoms with van der Waals surface area (Å²) in [5, 5.41) is 11.5. The summed E-state index contributed by atoms with van der Waals surface area (Å²) < 4.78 is 0. The van der Waals surface area contributed by atoms with E-state index in [0.717, 1.165) is 53.2 Å². The van der Waals surface area contributed by atoms with Crippen LogP contribution in [0.5, 0.6) is 0 Å². The minimum atomic E-state index is -0.447. The quantitative estimate of drug-likeness (QED) is 0.417. The van der Waals surface area contributed by atoms with E-state index in [1.54, 1.807) is 0 Å². The number of halogens is 1. The molecule has 2 unspecified atom stereocenters. The van der Waals surface area contributed by atoms with Gasteiger partial charge in [0.1, 0.15) is 5.69 Å². The minimum Gasteiger partial charge on any atom is -0.390 e. The third kappa shape index (κ3) is 5.68. The summed E-state index contributed by atoms with van der Waals surface area (Å²) in [5.74, 6) is 6.36. The highest BCUT2D eigenvalue weighted by Crippen LogP contribution is 2.42. The van der Waals surface area contributed by atoms with Gasteiger partial charge < -0.3 is 5.11 Å². The molecule has 2 saturated heterocycles. The SMILES string of the molecule is CCC1(O)CC2CCC(C1)N2CC=Cc1ccc(C#Cc2ccc(-c3ccc(Cl)cc3)cn2)cc1. The van der Waals surface area contributed by atoms with Crippen LogP contribution in [-0.4, -0.2) is 39.2 Å². The molecule has 35 heavy (non-hydrogen) atoms. The van der Waals surface area contributed by atoms with Crippen molar-refractivity contribution >= 4 is 17.7 Å². The number of nitrogens with zero attached hydrogens (tertiary/aromatic N) is 2. The van der Waals surface area contributed by atoms with Gasteiger partial charge in [0, 0.05) is 41.0 Å². The molecular weight excluding hydrogens is 452 g/mol. The number of fused-ring (bicyclic) bond motifs is 2. The van der Waals surface area contributed by atoms with E-state index in [0.29, 0.717) is 12.1 Å². The molecule has 5 rings (SSSR count).